The summed E-state index contributed by atoms with van der Waals surface area (Å²) in [5, 5.41) is 5.49. The Hall–Kier alpha value is -3.76. The topological polar surface area (TPSA) is 105 Å². The Morgan fingerprint density at radius 3 is 2.54 bits per heavy atom. The molecule has 8 nitrogen and oxygen atoms in total. The van der Waals surface area contributed by atoms with Crippen LogP contribution in [0.15, 0.2) is 71.6 Å². The van der Waals surface area contributed by atoms with Gasteiger partial charge < -0.3 is 15.4 Å². The van der Waals surface area contributed by atoms with Crippen LogP contribution in [0.5, 0.6) is 5.75 Å². The molecule has 2 atom stereocenters. The minimum absolute atomic E-state index is 0.0000562. The molecule has 180 valence electrons. The zero-order valence-corrected chi connectivity index (χ0v) is 19.5. The van der Waals surface area contributed by atoms with Crippen LogP contribution in [-0.4, -0.2) is 36.7 Å². The molecule has 2 heterocycles. The molecule has 0 fully saturated rings. The van der Waals surface area contributed by atoms with E-state index < -0.39 is 33.9 Å². The number of amides is 2. The number of fused-ring (bicyclic) bond motifs is 2. The summed E-state index contributed by atoms with van der Waals surface area (Å²) in [4.78, 5) is 25.3. The molecule has 35 heavy (non-hydrogen) atoms. The fraction of sp³-hybridized carbons (Fsp3) is 0.200. The lowest BCUT2D eigenvalue weighted by atomic mass is 9.95. The molecule has 0 aromatic heterocycles. The molecule has 0 radical (unpaired) electrons. The van der Waals surface area contributed by atoms with Gasteiger partial charge in [0.15, 0.2) is 6.10 Å². The Balaban J connectivity index is 1.46. The van der Waals surface area contributed by atoms with E-state index in [0.717, 1.165) is 27.6 Å². The van der Waals surface area contributed by atoms with Gasteiger partial charge >= 0.3 is 0 Å². The van der Waals surface area contributed by atoms with Crippen LogP contribution in [0.1, 0.15) is 18.1 Å². The highest BCUT2D eigenvalue weighted by Crippen LogP contribution is 2.33. The van der Waals surface area contributed by atoms with Crippen LogP contribution in [0.4, 0.5) is 15.8 Å². The maximum atomic E-state index is 13.5. The van der Waals surface area contributed by atoms with E-state index in [1.165, 1.54) is 12.1 Å². The van der Waals surface area contributed by atoms with Gasteiger partial charge in [0.05, 0.1) is 10.6 Å². The van der Waals surface area contributed by atoms with Gasteiger partial charge in [0.1, 0.15) is 17.6 Å². The molecule has 0 saturated heterocycles. The molecule has 2 aliphatic rings. The summed E-state index contributed by atoms with van der Waals surface area (Å²) in [5.74, 6) is -0.912. The van der Waals surface area contributed by atoms with Gasteiger partial charge in [0, 0.05) is 12.2 Å². The van der Waals surface area contributed by atoms with E-state index in [9.17, 15) is 22.4 Å². The fourth-order valence-corrected chi connectivity index (χ4v) is 5.79. The van der Waals surface area contributed by atoms with E-state index in [-0.39, 0.29) is 23.8 Å². The standard InChI is InChI=1S/C25H22FN3O5S/c1-15-24(30)28-21-13-19(8-11-23(21)34-15)27-25(31)22-12-16-4-2-3-5-17(16)14-29(22)35(32,33)20-9-6-18(26)7-10-20/h2-11,13,15,22H,12,14H2,1H3,(H,27,31)(H,28,30). The van der Waals surface area contributed by atoms with Gasteiger partial charge in [-0.15, -0.1) is 0 Å². The smallest absolute Gasteiger partial charge is 0.265 e. The average molecular weight is 496 g/mol. The molecule has 3 aromatic rings. The highest BCUT2D eigenvalue weighted by Gasteiger charge is 2.39. The number of carbonyl (C=O) groups excluding carboxylic acids is 2. The lowest BCUT2D eigenvalue weighted by Gasteiger charge is -2.35. The maximum absolute atomic E-state index is 13.5. The minimum Gasteiger partial charge on any atom is -0.479 e. The number of hydrogen-bond acceptors (Lipinski definition) is 5. The molecule has 0 spiro atoms. The van der Waals surface area contributed by atoms with E-state index in [1.54, 1.807) is 25.1 Å². The van der Waals surface area contributed by atoms with Crippen molar-refractivity contribution >= 4 is 33.2 Å². The van der Waals surface area contributed by atoms with E-state index in [1.807, 2.05) is 24.3 Å². The number of hydrogen-bond donors (Lipinski definition) is 2. The summed E-state index contributed by atoms with van der Waals surface area (Å²) in [6.07, 6.45) is -0.458. The van der Waals surface area contributed by atoms with Gasteiger partial charge in [0.2, 0.25) is 15.9 Å². The van der Waals surface area contributed by atoms with Gasteiger partial charge in [-0.1, -0.05) is 24.3 Å². The third-order valence-corrected chi connectivity index (χ3v) is 7.98. The first-order valence-electron chi connectivity index (χ1n) is 11.0. The van der Waals surface area contributed by atoms with Crippen molar-refractivity contribution < 1.29 is 27.1 Å². The largest absolute Gasteiger partial charge is 0.479 e. The quantitative estimate of drug-likeness (QED) is 0.578. The fourth-order valence-electron chi connectivity index (χ4n) is 4.23. The van der Waals surface area contributed by atoms with Gasteiger partial charge in [-0.3, -0.25) is 9.59 Å². The number of sulfonamides is 1. The van der Waals surface area contributed by atoms with Gasteiger partial charge in [-0.25, -0.2) is 12.8 Å². The van der Waals surface area contributed by atoms with E-state index in [2.05, 4.69) is 10.6 Å². The Morgan fingerprint density at radius 1 is 1.09 bits per heavy atom. The maximum Gasteiger partial charge on any atom is 0.265 e. The second-order valence-corrected chi connectivity index (χ2v) is 10.3. The van der Waals surface area contributed by atoms with Crippen molar-refractivity contribution in [2.45, 2.75) is 36.9 Å². The number of rotatable bonds is 4. The Labute approximate surface area is 201 Å². The zero-order chi connectivity index (χ0) is 24.7. The van der Waals surface area contributed by atoms with Crippen LogP contribution in [0, 0.1) is 5.82 Å². The average Bonchev–Trinajstić information content (AvgIpc) is 2.84. The molecule has 0 bridgehead atoms. The molecule has 0 aliphatic carbocycles. The molecule has 3 aromatic carbocycles. The Morgan fingerprint density at radius 2 is 1.80 bits per heavy atom. The molecule has 2 unspecified atom stereocenters. The number of benzene rings is 3. The van der Waals surface area contributed by atoms with Crippen molar-refractivity contribution in [3.05, 3.63) is 83.7 Å². The van der Waals surface area contributed by atoms with Gasteiger partial charge in [0.25, 0.3) is 5.91 Å². The second-order valence-electron chi connectivity index (χ2n) is 8.44. The van der Waals surface area contributed by atoms with Crippen molar-refractivity contribution in [2.24, 2.45) is 0 Å². The Kier molecular flexibility index (Phi) is 5.78. The van der Waals surface area contributed by atoms with Gasteiger partial charge in [-0.2, -0.15) is 4.31 Å². The third kappa shape index (κ3) is 4.38. The molecule has 5 rings (SSSR count). The van der Waals surface area contributed by atoms with E-state index >= 15 is 0 Å². The molecule has 10 heteroatoms. The summed E-state index contributed by atoms with van der Waals surface area (Å²) in [5.41, 5.74) is 2.46. The molecule has 2 amide bonds. The number of halogens is 1. The monoisotopic (exact) mass is 495 g/mol. The zero-order valence-electron chi connectivity index (χ0n) is 18.7. The molecular weight excluding hydrogens is 473 g/mol. The number of ether oxygens (including phenoxy) is 1. The van der Waals surface area contributed by atoms with Crippen molar-refractivity contribution in [3.63, 3.8) is 0 Å². The molecule has 2 N–H and O–H groups in total. The van der Waals surface area contributed by atoms with Crippen molar-refractivity contribution in [2.75, 3.05) is 10.6 Å². The normalized spacial score (nSPS) is 19.7. The van der Waals surface area contributed by atoms with E-state index in [4.69, 9.17) is 4.74 Å². The van der Waals surface area contributed by atoms with Crippen LogP contribution < -0.4 is 15.4 Å². The third-order valence-electron chi connectivity index (χ3n) is 6.11. The number of nitrogens with zero attached hydrogens (tertiary/aromatic N) is 1. The van der Waals surface area contributed by atoms with Crippen LogP contribution in [0.2, 0.25) is 0 Å². The van der Waals surface area contributed by atoms with Gasteiger partial charge in [-0.05, 0) is 66.9 Å². The first-order valence-corrected chi connectivity index (χ1v) is 12.4. The summed E-state index contributed by atoms with van der Waals surface area (Å²) in [6.45, 7) is 1.63. The van der Waals surface area contributed by atoms with Crippen LogP contribution >= 0.6 is 0 Å². The summed E-state index contributed by atoms with van der Waals surface area (Å²) >= 11 is 0. The lowest BCUT2D eigenvalue weighted by molar-refractivity contribution is -0.122. The van der Waals surface area contributed by atoms with E-state index in [0.29, 0.717) is 17.1 Å². The van der Waals surface area contributed by atoms with Crippen molar-refractivity contribution in [3.8, 4) is 5.75 Å². The lowest BCUT2D eigenvalue weighted by Crippen LogP contribution is -2.50. The molecule has 2 aliphatic heterocycles. The first kappa shape index (κ1) is 23.0. The van der Waals surface area contributed by atoms with Crippen LogP contribution in [-0.2, 0) is 32.6 Å². The second kappa shape index (κ2) is 8.79. The predicted molar refractivity (Wildman–Crippen MR) is 127 cm³/mol. The highest BCUT2D eigenvalue weighted by atomic mass is 32.2. The predicted octanol–water partition coefficient (Wildman–Crippen LogP) is 3.30. The number of anilines is 2. The summed E-state index contributed by atoms with van der Waals surface area (Å²) in [7, 11) is -4.11. The summed E-state index contributed by atoms with van der Waals surface area (Å²) in [6, 6.07) is 15.6. The van der Waals surface area contributed by atoms with Crippen molar-refractivity contribution in [1.29, 1.82) is 0 Å². The first-order chi connectivity index (χ1) is 16.7. The van der Waals surface area contributed by atoms with Crippen LogP contribution in [0.25, 0.3) is 0 Å². The number of carbonyl (C=O) groups is 2. The van der Waals surface area contributed by atoms with Crippen molar-refractivity contribution in [1.82, 2.24) is 4.31 Å². The highest BCUT2D eigenvalue weighted by molar-refractivity contribution is 7.89. The Bertz CT molecular complexity index is 1430. The SMILES string of the molecule is CC1Oc2ccc(NC(=O)C3Cc4ccccc4CN3S(=O)(=O)c3ccc(F)cc3)cc2NC1=O. The molecular formula is C25H22FN3O5S. The molecule has 0 saturated carbocycles. The summed E-state index contributed by atoms with van der Waals surface area (Å²) < 4.78 is 47.1. The van der Waals surface area contributed by atoms with Crippen LogP contribution in [0.3, 0.4) is 0 Å². The minimum atomic E-state index is -4.11. The number of nitrogens with one attached hydrogen (secondary N) is 2.